The number of aromatic amines is 2. The van der Waals surface area contributed by atoms with Gasteiger partial charge in [-0.05, 0) is 103 Å². The van der Waals surface area contributed by atoms with E-state index in [-0.39, 0.29) is 168 Å². The van der Waals surface area contributed by atoms with Gasteiger partial charge in [-0.15, -0.1) is 15.3 Å². The number of benzene rings is 6. The SMILES string of the molecule is C=CS(=O)(=O)c1cccc(N=c2nc(Nc3ccc(N=Nc4ccc(N=Nc5ccccc5S(=O)(=O)[O-])c5cc(S(=O)(=O)[O-])ccc45)c(C)c3)[nH]c(=Nc3cc(S(=O)(=O)[O-])ccc3S(=O)(=O)[O-])[nH]2)c1.[Na+].[Na+].[Na+].[Na+]. The molecule has 7 aromatic rings. The first-order chi connectivity index (χ1) is 32.3. The molecule has 0 fully saturated rings. The zero-order chi connectivity index (χ0) is 50.1. The number of H-pyrrole nitrogens is 2. The molecule has 0 radical (unpaired) electrons. The summed E-state index contributed by atoms with van der Waals surface area (Å²) in [4.78, 5) is 14.7. The standard InChI is InChI=1S/C40H32N10O14S5.4Na/c1-3-65(51,52)26-8-6-7-24(20-26)41-38-44-39(46-40(45-38)43-35-22-28(67(56,57)58)13-18-37(35)69(62,63)64)42-25-11-15-31(23(2)19-25)47-48-32-16-17-33(30-21-27(66(53,54)55)12-14-29(30)32)49-50-34-9-4-5-10-36(34)68(59,60)61;;;;/h3-22H,1H2,2H3,(H,53,54,55)(H,56,57,58)(H,59,60,61)(H,62,63,64)(H3,41,42,43,44,45,46);;;;/q;4*+1/p-4. The normalized spacial score (nSPS) is 12.7. The van der Waals surface area contributed by atoms with Crippen molar-refractivity contribution in [1.82, 2.24) is 15.0 Å². The predicted molar refractivity (Wildman–Crippen MR) is 239 cm³/mol. The van der Waals surface area contributed by atoms with Gasteiger partial charge >= 0.3 is 118 Å². The van der Waals surface area contributed by atoms with E-state index in [1.807, 2.05) is 0 Å². The fraction of sp³-hybridized carbons (Fsp3) is 0.0250. The predicted octanol–water partition coefficient (Wildman–Crippen LogP) is -6.21. The number of aromatic nitrogens is 3. The van der Waals surface area contributed by atoms with Crippen LogP contribution in [0.2, 0.25) is 0 Å². The molecule has 1 aromatic heterocycles. The average Bonchev–Trinajstić information content (AvgIpc) is 3.27. The molecule has 24 nitrogen and oxygen atoms in total. The molecule has 7 rings (SSSR count). The van der Waals surface area contributed by atoms with E-state index in [2.05, 4.69) is 57.3 Å². The summed E-state index contributed by atoms with van der Waals surface area (Å²) in [6.07, 6.45) is 0. The molecule has 0 spiro atoms. The number of anilines is 2. The zero-order valence-corrected chi connectivity index (χ0v) is 50.7. The summed E-state index contributed by atoms with van der Waals surface area (Å²) in [6.45, 7) is 4.95. The third-order valence-electron chi connectivity index (χ3n) is 9.36. The van der Waals surface area contributed by atoms with Gasteiger partial charge in [-0.3, -0.25) is 9.97 Å². The average molecular weight is 1130 g/mol. The van der Waals surface area contributed by atoms with Crippen molar-refractivity contribution in [2.75, 3.05) is 5.32 Å². The van der Waals surface area contributed by atoms with Crippen molar-refractivity contribution in [2.45, 2.75) is 31.4 Å². The second-order valence-corrected chi connectivity index (χ2v) is 21.4. The molecule has 0 bridgehead atoms. The van der Waals surface area contributed by atoms with Gasteiger partial charge in [0, 0.05) is 21.9 Å². The van der Waals surface area contributed by atoms with Gasteiger partial charge in [0.1, 0.15) is 46.2 Å². The summed E-state index contributed by atoms with van der Waals surface area (Å²) < 4.78 is 168. The molecule has 0 aliphatic carbocycles. The minimum absolute atomic E-state index is 0. The molecule has 0 amide bonds. The Balaban J connectivity index is 0.00000352. The summed E-state index contributed by atoms with van der Waals surface area (Å²) in [5.74, 6) is -0.171. The number of nitrogens with zero attached hydrogens (tertiary/aromatic N) is 7. The fourth-order valence-electron chi connectivity index (χ4n) is 6.17. The Bertz CT molecular complexity index is 4090. The first kappa shape index (κ1) is 63.8. The Morgan fingerprint density at radius 1 is 0.521 bits per heavy atom. The maximum absolute atomic E-state index is 12.5. The van der Waals surface area contributed by atoms with Gasteiger partial charge in [-0.2, -0.15) is 10.1 Å². The fourth-order valence-corrected chi connectivity index (χ4v) is 9.11. The molecule has 33 heteroatoms. The topological polar surface area (TPSA) is 394 Å². The van der Waals surface area contributed by atoms with Crippen LogP contribution in [0.4, 0.5) is 45.8 Å². The van der Waals surface area contributed by atoms with E-state index < -0.39 is 81.2 Å². The second-order valence-electron chi connectivity index (χ2n) is 14.1. The molecular weight excluding hydrogens is 1100 g/mol. The summed E-state index contributed by atoms with van der Waals surface area (Å²) in [5, 5.41) is 20.6. The van der Waals surface area contributed by atoms with Crippen LogP contribution in [-0.2, 0) is 50.3 Å². The Labute approximate surface area is 504 Å². The maximum atomic E-state index is 12.5. The van der Waals surface area contributed by atoms with Crippen molar-refractivity contribution in [3.05, 3.63) is 144 Å². The third kappa shape index (κ3) is 16.3. The first-order valence-electron chi connectivity index (χ1n) is 18.9. The summed E-state index contributed by atoms with van der Waals surface area (Å²) in [7, 11) is -24.3. The van der Waals surface area contributed by atoms with Crippen molar-refractivity contribution in [2.24, 2.45) is 30.4 Å². The van der Waals surface area contributed by atoms with Crippen molar-refractivity contribution in [3.8, 4) is 0 Å². The van der Waals surface area contributed by atoms with E-state index in [1.165, 1.54) is 72.8 Å². The Morgan fingerprint density at radius 3 is 1.70 bits per heavy atom. The van der Waals surface area contributed by atoms with Crippen molar-refractivity contribution < 1.29 is 179 Å². The molecule has 6 aromatic carbocycles. The van der Waals surface area contributed by atoms with Gasteiger partial charge < -0.3 is 23.5 Å². The van der Waals surface area contributed by atoms with E-state index >= 15 is 0 Å². The molecule has 0 atom stereocenters. The van der Waals surface area contributed by atoms with Gasteiger partial charge in [-0.1, -0.05) is 30.8 Å². The van der Waals surface area contributed by atoms with Gasteiger partial charge in [0.15, 0.2) is 9.84 Å². The van der Waals surface area contributed by atoms with Crippen LogP contribution in [0.15, 0.2) is 182 Å². The van der Waals surface area contributed by atoms with E-state index in [1.54, 1.807) is 13.0 Å². The number of nitrogens with one attached hydrogen (secondary N) is 3. The molecular formula is C40H28N10Na4O14S5. The molecule has 0 unspecified atom stereocenters. The minimum atomic E-state index is -5.30. The summed E-state index contributed by atoms with van der Waals surface area (Å²) in [5.41, 5.74) is -0.486. The van der Waals surface area contributed by atoms with E-state index in [9.17, 15) is 60.3 Å². The molecule has 0 aliphatic heterocycles. The minimum Gasteiger partial charge on any atom is -0.744 e. The number of hydrogen-bond donors (Lipinski definition) is 3. The van der Waals surface area contributed by atoms with Crippen LogP contribution in [0.1, 0.15) is 5.56 Å². The molecule has 0 aliphatic rings. The molecule has 0 saturated heterocycles. The zero-order valence-electron chi connectivity index (χ0n) is 38.6. The number of hydrogen-bond acceptors (Lipinski definition) is 22. The quantitative estimate of drug-likeness (QED) is 0.0518. The van der Waals surface area contributed by atoms with Crippen LogP contribution < -0.4 is 135 Å². The number of azo groups is 2. The largest absolute Gasteiger partial charge is 1.00 e. The number of rotatable bonds is 14. The molecule has 3 N–H and O–H groups in total. The van der Waals surface area contributed by atoms with Crippen LogP contribution >= 0.6 is 0 Å². The Hall–Kier alpha value is -3.48. The second kappa shape index (κ2) is 25.6. The van der Waals surface area contributed by atoms with Crippen molar-refractivity contribution in [3.63, 3.8) is 0 Å². The number of sulfone groups is 1. The summed E-state index contributed by atoms with van der Waals surface area (Å²) >= 11 is 0. The molecule has 73 heavy (non-hydrogen) atoms. The van der Waals surface area contributed by atoms with E-state index in [0.29, 0.717) is 35.1 Å². The Kier molecular flexibility index (Phi) is 22.4. The number of fused-ring (bicyclic) bond motifs is 1. The van der Waals surface area contributed by atoms with Gasteiger partial charge in [0.2, 0.25) is 17.2 Å². The Morgan fingerprint density at radius 2 is 1.08 bits per heavy atom. The van der Waals surface area contributed by atoms with E-state index in [0.717, 1.165) is 23.6 Å². The van der Waals surface area contributed by atoms with Crippen molar-refractivity contribution >= 4 is 107 Å². The summed E-state index contributed by atoms with van der Waals surface area (Å²) in [6, 6.07) is 22.8. The van der Waals surface area contributed by atoms with Crippen LogP contribution in [0.3, 0.4) is 0 Å². The number of aryl methyl sites for hydroxylation is 1. The van der Waals surface area contributed by atoms with Crippen LogP contribution in [0.5, 0.6) is 0 Å². The van der Waals surface area contributed by atoms with Crippen LogP contribution in [-0.4, -0.2) is 75.3 Å². The van der Waals surface area contributed by atoms with Gasteiger partial charge in [0.25, 0.3) is 0 Å². The van der Waals surface area contributed by atoms with Gasteiger partial charge in [0.05, 0.1) is 52.9 Å². The van der Waals surface area contributed by atoms with E-state index in [4.69, 9.17) is 0 Å². The smallest absolute Gasteiger partial charge is 0.744 e. The van der Waals surface area contributed by atoms with Gasteiger partial charge in [-0.25, -0.2) is 52.1 Å². The monoisotopic (exact) mass is 1120 g/mol. The van der Waals surface area contributed by atoms with Crippen LogP contribution in [0, 0.1) is 6.92 Å². The van der Waals surface area contributed by atoms with Crippen LogP contribution in [0.25, 0.3) is 10.8 Å². The molecule has 0 saturated carbocycles. The molecule has 356 valence electrons. The third-order valence-corrected chi connectivity index (χ3v) is 14.1. The first-order valence-corrected chi connectivity index (χ1v) is 26.1. The maximum Gasteiger partial charge on any atom is 1.00 e. The van der Waals surface area contributed by atoms with Crippen molar-refractivity contribution in [1.29, 1.82) is 0 Å². The molecule has 1 heterocycles.